The number of nitriles is 1. The van der Waals surface area contributed by atoms with Gasteiger partial charge in [-0.3, -0.25) is 0 Å². The van der Waals surface area contributed by atoms with Gasteiger partial charge in [0.05, 0.1) is 16.7 Å². The molecule has 0 fully saturated rings. The van der Waals surface area contributed by atoms with E-state index in [2.05, 4.69) is 4.98 Å². The van der Waals surface area contributed by atoms with Crippen molar-refractivity contribution in [1.82, 2.24) is 4.98 Å². The van der Waals surface area contributed by atoms with E-state index in [9.17, 15) is 0 Å². The number of aryl methyl sites for hydroxylation is 1. The van der Waals surface area contributed by atoms with Crippen LogP contribution in [0.25, 0.3) is 0 Å². The van der Waals surface area contributed by atoms with E-state index < -0.39 is 0 Å². The zero-order chi connectivity index (χ0) is 13.1. The highest BCUT2D eigenvalue weighted by atomic mass is 35.5. The first-order valence-electron chi connectivity index (χ1n) is 5.20. The number of rotatable bonds is 2. The van der Waals surface area contributed by atoms with E-state index in [0.717, 1.165) is 0 Å². The lowest BCUT2D eigenvalue weighted by Crippen LogP contribution is -1.93. The Morgan fingerprint density at radius 1 is 1.33 bits per heavy atom. The first-order valence-corrected chi connectivity index (χ1v) is 5.58. The lowest BCUT2D eigenvalue weighted by atomic mass is 10.2. The van der Waals surface area contributed by atoms with Gasteiger partial charge in [-0.15, -0.1) is 0 Å². The zero-order valence-electron chi connectivity index (χ0n) is 9.64. The number of halogens is 1. The SMILES string of the molecule is Cc1cc(C#N)cc(Oc2ccc(N)cc2Cl)n1. The molecule has 2 rings (SSSR count). The lowest BCUT2D eigenvalue weighted by Gasteiger charge is -2.08. The van der Waals surface area contributed by atoms with Crippen molar-refractivity contribution in [2.24, 2.45) is 0 Å². The number of nitrogens with two attached hydrogens (primary N) is 1. The van der Waals surface area contributed by atoms with Crippen LogP contribution in [0, 0.1) is 18.3 Å². The molecule has 0 saturated heterocycles. The quantitative estimate of drug-likeness (QED) is 0.840. The summed E-state index contributed by atoms with van der Waals surface area (Å²) in [7, 11) is 0. The number of hydrogen-bond acceptors (Lipinski definition) is 4. The Bertz CT molecular complexity index is 635. The lowest BCUT2D eigenvalue weighted by molar-refractivity contribution is 0.462. The summed E-state index contributed by atoms with van der Waals surface area (Å²) in [6.07, 6.45) is 0. The molecule has 0 saturated carbocycles. The molecule has 0 amide bonds. The smallest absolute Gasteiger partial charge is 0.220 e. The molecule has 5 heteroatoms. The van der Waals surface area contributed by atoms with Crippen molar-refractivity contribution in [1.29, 1.82) is 5.26 Å². The van der Waals surface area contributed by atoms with Gasteiger partial charge in [0, 0.05) is 17.4 Å². The molecule has 0 unspecified atom stereocenters. The van der Waals surface area contributed by atoms with Crippen molar-refractivity contribution >= 4 is 17.3 Å². The van der Waals surface area contributed by atoms with Gasteiger partial charge in [-0.2, -0.15) is 5.26 Å². The number of pyridine rings is 1. The van der Waals surface area contributed by atoms with E-state index in [1.807, 2.05) is 6.07 Å². The van der Waals surface area contributed by atoms with Crippen LogP contribution in [0.1, 0.15) is 11.3 Å². The maximum absolute atomic E-state index is 8.87. The number of anilines is 1. The number of hydrogen-bond donors (Lipinski definition) is 1. The monoisotopic (exact) mass is 259 g/mol. The van der Waals surface area contributed by atoms with Crippen molar-refractivity contribution < 1.29 is 4.74 Å². The standard InChI is InChI=1S/C13H10ClN3O/c1-8-4-9(7-15)5-13(17-8)18-12-3-2-10(16)6-11(12)14/h2-6H,16H2,1H3. The summed E-state index contributed by atoms with van der Waals surface area (Å²) in [5, 5.41) is 9.27. The number of aromatic nitrogens is 1. The van der Waals surface area contributed by atoms with Crippen LogP contribution in [0.15, 0.2) is 30.3 Å². The fraction of sp³-hybridized carbons (Fsp3) is 0.0769. The van der Waals surface area contributed by atoms with Crippen LogP contribution in [0.5, 0.6) is 11.6 Å². The average Bonchev–Trinajstić information content (AvgIpc) is 2.32. The zero-order valence-corrected chi connectivity index (χ0v) is 10.4. The van der Waals surface area contributed by atoms with Gasteiger partial charge < -0.3 is 10.5 Å². The number of nitrogen functional groups attached to an aromatic ring is 1. The number of ether oxygens (including phenoxy) is 1. The summed E-state index contributed by atoms with van der Waals surface area (Å²) in [5.74, 6) is 0.783. The molecule has 2 aromatic rings. The van der Waals surface area contributed by atoms with Gasteiger partial charge in [0.1, 0.15) is 5.75 Å². The maximum Gasteiger partial charge on any atom is 0.220 e. The number of benzene rings is 1. The van der Waals surface area contributed by atoms with Crippen LogP contribution >= 0.6 is 11.6 Å². The summed E-state index contributed by atoms with van der Waals surface area (Å²) in [5.41, 5.74) is 7.34. The van der Waals surface area contributed by atoms with Crippen LogP contribution in [0.2, 0.25) is 5.02 Å². The minimum Gasteiger partial charge on any atom is -0.437 e. The minimum atomic E-state index is 0.332. The second kappa shape index (κ2) is 4.94. The summed E-state index contributed by atoms with van der Waals surface area (Å²) >= 11 is 6.00. The van der Waals surface area contributed by atoms with Crippen molar-refractivity contribution in [2.45, 2.75) is 6.92 Å². The molecule has 0 aliphatic rings. The molecule has 0 aliphatic carbocycles. The van der Waals surface area contributed by atoms with Crippen LogP contribution in [-0.2, 0) is 0 Å². The van der Waals surface area contributed by atoms with Crippen molar-refractivity contribution in [3.8, 4) is 17.7 Å². The fourth-order valence-electron chi connectivity index (χ4n) is 1.47. The molecule has 0 bridgehead atoms. The van der Waals surface area contributed by atoms with Crippen LogP contribution in [-0.4, -0.2) is 4.98 Å². The van der Waals surface area contributed by atoms with Gasteiger partial charge in [0.15, 0.2) is 0 Å². The third kappa shape index (κ3) is 2.70. The molecule has 1 aromatic carbocycles. The van der Waals surface area contributed by atoms with Gasteiger partial charge in [-0.1, -0.05) is 11.6 Å². The Kier molecular flexibility index (Phi) is 3.35. The highest BCUT2D eigenvalue weighted by Crippen LogP contribution is 2.30. The minimum absolute atomic E-state index is 0.332. The molecule has 1 heterocycles. The molecule has 4 nitrogen and oxygen atoms in total. The van der Waals surface area contributed by atoms with Gasteiger partial charge >= 0.3 is 0 Å². The van der Waals surface area contributed by atoms with Crippen LogP contribution < -0.4 is 10.5 Å². The second-order valence-corrected chi connectivity index (χ2v) is 4.15. The molecule has 0 radical (unpaired) electrons. The van der Waals surface area contributed by atoms with E-state index >= 15 is 0 Å². The number of nitrogens with zero attached hydrogens (tertiary/aromatic N) is 2. The first kappa shape index (κ1) is 12.2. The van der Waals surface area contributed by atoms with E-state index in [4.69, 9.17) is 27.3 Å². The van der Waals surface area contributed by atoms with Crippen LogP contribution in [0.3, 0.4) is 0 Å². The second-order valence-electron chi connectivity index (χ2n) is 3.74. The van der Waals surface area contributed by atoms with E-state index in [1.54, 1.807) is 37.3 Å². The normalized spacial score (nSPS) is 9.83. The molecule has 1 aromatic heterocycles. The van der Waals surface area contributed by atoms with E-state index in [1.165, 1.54) is 0 Å². The summed E-state index contributed by atoms with van der Waals surface area (Å²) < 4.78 is 5.54. The van der Waals surface area contributed by atoms with E-state index in [-0.39, 0.29) is 0 Å². The molecule has 18 heavy (non-hydrogen) atoms. The molecule has 2 N–H and O–H groups in total. The van der Waals surface area contributed by atoms with Crippen LogP contribution in [0.4, 0.5) is 5.69 Å². The van der Waals surface area contributed by atoms with E-state index in [0.29, 0.717) is 33.6 Å². The fourth-order valence-corrected chi connectivity index (χ4v) is 1.70. The Balaban J connectivity index is 2.34. The molecule has 0 atom stereocenters. The first-order chi connectivity index (χ1) is 8.58. The Morgan fingerprint density at radius 3 is 2.78 bits per heavy atom. The Hall–Kier alpha value is -2.25. The van der Waals surface area contributed by atoms with Gasteiger partial charge in [-0.05, 0) is 31.2 Å². The molecule has 0 spiro atoms. The van der Waals surface area contributed by atoms with Gasteiger partial charge in [-0.25, -0.2) is 4.98 Å². The molecule has 90 valence electrons. The topological polar surface area (TPSA) is 71.9 Å². The van der Waals surface area contributed by atoms with Gasteiger partial charge in [0.25, 0.3) is 0 Å². The summed E-state index contributed by atoms with van der Waals surface area (Å²) in [4.78, 5) is 4.18. The molecular weight excluding hydrogens is 250 g/mol. The van der Waals surface area contributed by atoms with Crippen molar-refractivity contribution in [3.05, 3.63) is 46.6 Å². The third-order valence-electron chi connectivity index (χ3n) is 2.23. The Labute approximate surface area is 110 Å². The predicted octanol–water partition coefficient (Wildman–Crippen LogP) is 3.29. The highest BCUT2D eigenvalue weighted by Gasteiger charge is 2.06. The maximum atomic E-state index is 8.87. The Morgan fingerprint density at radius 2 is 2.11 bits per heavy atom. The highest BCUT2D eigenvalue weighted by molar-refractivity contribution is 6.32. The molecule has 0 aliphatic heterocycles. The molecular formula is C13H10ClN3O. The summed E-state index contributed by atoms with van der Waals surface area (Å²) in [6.45, 7) is 1.79. The third-order valence-corrected chi connectivity index (χ3v) is 2.52. The summed E-state index contributed by atoms with van der Waals surface area (Å²) in [6, 6.07) is 10.2. The average molecular weight is 260 g/mol. The largest absolute Gasteiger partial charge is 0.437 e. The van der Waals surface area contributed by atoms with Crippen molar-refractivity contribution in [2.75, 3.05) is 5.73 Å². The van der Waals surface area contributed by atoms with Crippen molar-refractivity contribution in [3.63, 3.8) is 0 Å². The predicted molar refractivity (Wildman–Crippen MR) is 69.6 cm³/mol. The van der Waals surface area contributed by atoms with Gasteiger partial charge in [0.2, 0.25) is 5.88 Å².